The molecule has 1 amide bonds. The van der Waals surface area contributed by atoms with Gasteiger partial charge in [0.05, 0.1) is 10.5 Å². The highest BCUT2D eigenvalue weighted by molar-refractivity contribution is 7.90. The van der Waals surface area contributed by atoms with Crippen LogP contribution >= 0.6 is 0 Å². The summed E-state index contributed by atoms with van der Waals surface area (Å²) in [4.78, 5) is 16.3. The van der Waals surface area contributed by atoms with E-state index < -0.39 is 15.7 Å². The van der Waals surface area contributed by atoms with Crippen LogP contribution in [0.1, 0.15) is 16.1 Å². The zero-order valence-corrected chi connectivity index (χ0v) is 12.4. The molecule has 0 aliphatic rings. The molecule has 0 spiro atoms. The molecule has 0 aliphatic heterocycles. The van der Waals surface area contributed by atoms with Gasteiger partial charge >= 0.3 is 0 Å². The Labute approximate surface area is 122 Å². The van der Waals surface area contributed by atoms with Crippen molar-refractivity contribution in [1.82, 2.24) is 4.98 Å². The fourth-order valence-corrected chi connectivity index (χ4v) is 2.39. The summed E-state index contributed by atoms with van der Waals surface area (Å²) >= 11 is 0. The Hall–Kier alpha value is -2.41. The Morgan fingerprint density at radius 2 is 1.86 bits per heavy atom. The van der Waals surface area contributed by atoms with E-state index in [-0.39, 0.29) is 10.5 Å². The number of amides is 1. The molecule has 2 rings (SSSR count). The first-order chi connectivity index (χ1) is 9.77. The summed E-state index contributed by atoms with van der Waals surface area (Å²) in [5.41, 5.74) is 7.59. The molecular formula is C14H15N3O3S. The lowest BCUT2D eigenvalue weighted by Crippen LogP contribution is -2.14. The van der Waals surface area contributed by atoms with E-state index in [0.717, 1.165) is 11.9 Å². The van der Waals surface area contributed by atoms with Crippen molar-refractivity contribution in [3.05, 3.63) is 47.8 Å². The van der Waals surface area contributed by atoms with Crippen molar-refractivity contribution in [2.45, 2.75) is 11.8 Å². The molecule has 0 unspecified atom stereocenters. The van der Waals surface area contributed by atoms with Gasteiger partial charge in [-0.1, -0.05) is 0 Å². The van der Waals surface area contributed by atoms with Gasteiger partial charge in [0.1, 0.15) is 0 Å². The number of carbonyl (C=O) groups is 1. The second-order valence-corrected chi connectivity index (χ2v) is 6.68. The summed E-state index contributed by atoms with van der Waals surface area (Å²) in [5.74, 6) is -0.396. The number of aryl methyl sites for hydroxylation is 1. The minimum Gasteiger partial charge on any atom is -0.398 e. The number of rotatable bonds is 3. The van der Waals surface area contributed by atoms with Gasteiger partial charge in [-0.2, -0.15) is 0 Å². The molecule has 0 fully saturated rings. The third kappa shape index (κ3) is 3.57. The molecule has 1 heterocycles. The van der Waals surface area contributed by atoms with Crippen LogP contribution in [0.15, 0.2) is 41.4 Å². The minimum atomic E-state index is -3.25. The largest absolute Gasteiger partial charge is 0.398 e. The predicted octanol–water partition coefficient (Wildman–Crippen LogP) is 1.63. The van der Waals surface area contributed by atoms with Crippen LogP contribution in [0.5, 0.6) is 0 Å². The molecule has 7 heteroatoms. The third-order valence-corrected chi connectivity index (χ3v) is 3.99. The van der Waals surface area contributed by atoms with E-state index in [2.05, 4.69) is 10.3 Å². The molecule has 0 atom stereocenters. The molecule has 6 nitrogen and oxygen atoms in total. The van der Waals surface area contributed by atoms with Crippen LogP contribution in [0, 0.1) is 6.92 Å². The molecule has 0 aliphatic carbocycles. The topological polar surface area (TPSA) is 102 Å². The van der Waals surface area contributed by atoms with Gasteiger partial charge in [-0.15, -0.1) is 0 Å². The van der Waals surface area contributed by atoms with Crippen LogP contribution in [0.2, 0.25) is 0 Å². The fraction of sp³-hybridized carbons (Fsp3) is 0.143. The zero-order valence-electron chi connectivity index (χ0n) is 11.6. The van der Waals surface area contributed by atoms with Crippen LogP contribution in [-0.4, -0.2) is 25.6 Å². The second kappa shape index (κ2) is 5.53. The van der Waals surface area contributed by atoms with Crippen molar-refractivity contribution in [3.8, 4) is 0 Å². The lowest BCUT2D eigenvalue weighted by atomic mass is 10.2. The van der Waals surface area contributed by atoms with Crippen LogP contribution in [0.4, 0.5) is 11.4 Å². The van der Waals surface area contributed by atoms with Gasteiger partial charge in [0.15, 0.2) is 9.84 Å². The molecule has 110 valence electrons. The lowest BCUT2D eigenvalue weighted by molar-refractivity contribution is 0.102. The summed E-state index contributed by atoms with van der Waals surface area (Å²) in [7, 11) is -3.25. The van der Waals surface area contributed by atoms with E-state index in [0.29, 0.717) is 11.4 Å². The maximum absolute atomic E-state index is 12.1. The fourth-order valence-electron chi connectivity index (χ4n) is 1.75. The molecule has 1 aromatic carbocycles. The van der Waals surface area contributed by atoms with Crippen LogP contribution < -0.4 is 11.1 Å². The van der Waals surface area contributed by atoms with Crippen molar-refractivity contribution in [2.24, 2.45) is 0 Å². The van der Waals surface area contributed by atoms with E-state index in [1.165, 1.54) is 30.5 Å². The quantitative estimate of drug-likeness (QED) is 0.897. The number of anilines is 2. The molecular weight excluding hydrogens is 290 g/mol. The first-order valence-corrected chi connectivity index (χ1v) is 8.00. The van der Waals surface area contributed by atoms with Gasteiger partial charge in [-0.3, -0.25) is 9.78 Å². The predicted molar refractivity (Wildman–Crippen MR) is 80.9 cm³/mol. The normalized spacial score (nSPS) is 11.1. The average molecular weight is 305 g/mol. The molecule has 21 heavy (non-hydrogen) atoms. The second-order valence-electron chi connectivity index (χ2n) is 4.66. The maximum atomic E-state index is 12.1. The molecule has 0 bridgehead atoms. The smallest absolute Gasteiger partial charge is 0.259 e. The Bertz CT molecular complexity index is 784. The summed E-state index contributed by atoms with van der Waals surface area (Å²) in [6.45, 7) is 1.78. The number of sulfone groups is 1. The van der Waals surface area contributed by atoms with E-state index in [9.17, 15) is 13.2 Å². The van der Waals surface area contributed by atoms with Crippen molar-refractivity contribution in [2.75, 3.05) is 17.3 Å². The number of pyridine rings is 1. The Morgan fingerprint density at radius 3 is 2.38 bits per heavy atom. The van der Waals surface area contributed by atoms with E-state index in [1.54, 1.807) is 13.0 Å². The highest BCUT2D eigenvalue weighted by Gasteiger charge is 2.12. The number of hydrogen-bond acceptors (Lipinski definition) is 5. The van der Waals surface area contributed by atoms with Crippen molar-refractivity contribution in [1.29, 1.82) is 0 Å². The van der Waals surface area contributed by atoms with Crippen LogP contribution in [0.25, 0.3) is 0 Å². The first kappa shape index (κ1) is 15.0. The van der Waals surface area contributed by atoms with Gasteiger partial charge in [-0.05, 0) is 37.3 Å². The minimum absolute atomic E-state index is 0.192. The molecule has 3 N–H and O–H groups in total. The summed E-state index contributed by atoms with van der Waals surface area (Å²) in [5, 5.41) is 2.64. The lowest BCUT2D eigenvalue weighted by Gasteiger charge is -2.08. The Balaban J connectivity index is 2.20. The molecule has 2 aromatic rings. The number of benzene rings is 1. The number of nitrogens with zero attached hydrogens (tertiary/aromatic N) is 1. The van der Waals surface area contributed by atoms with Gasteiger partial charge in [0.25, 0.3) is 5.91 Å². The van der Waals surface area contributed by atoms with E-state index in [4.69, 9.17) is 5.73 Å². The summed E-state index contributed by atoms with van der Waals surface area (Å²) in [6, 6.07) is 7.52. The van der Waals surface area contributed by atoms with E-state index in [1.807, 2.05) is 0 Å². The standard InChI is InChI=1S/C14H15N3O3S/c1-9-7-13(15)12(8-16-9)14(18)17-10-3-5-11(6-4-10)21(2,19)20/h3-8H,1-2H3,(H2,15,16)(H,17,18). The Morgan fingerprint density at radius 1 is 1.24 bits per heavy atom. The van der Waals surface area contributed by atoms with Gasteiger partial charge < -0.3 is 11.1 Å². The summed E-state index contributed by atoms with van der Waals surface area (Å²) < 4.78 is 22.7. The molecule has 0 radical (unpaired) electrons. The maximum Gasteiger partial charge on any atom is 0.259 e. The molecule has 0 saturated carbocycles. The van der Waals surface area contributed by atoms with Crippen molar-refractivity contribution < 1.29 is 13.2 Å². The van der Waals surface area contributed by atoms with Gasteiger partial charge in [0, 0.05) is 29.5 Å². The van der Waals surface area contributed by atoms with Gasteiger partial charge in [0.2, 0.25) is 0 Å². The molecule has 0 saturated heterocycles. The number of hydrogen-bond donors (Lipinski definition) is 2. The SMILES string of the molecule is Cc1cc(N)c(C(=O)Nc2ccc(S(C)(=O)=O)cc2)cn1. The van der Waals surface area contributed by atoms with E-state index >= 15 is 0 Å². The van der Waals surface area contributed by atoms with Gasteiger partial charge in [-0.25, -0.2) is 8.42 Å². The number of nitrogen functional groups attached to an aromatic ring is 1. The summed E-state index contributed by atoms with van der Waals surface area (Å²) in [6.07, 6.45) is 2.53. The zero-order chi connectivity index (χ0) is 15.6. The van der Waals surface area contributed by atoms with Crippen LogP contribution in [-0.2, 0) is 9.84 Å². The highest BCUT2D eigenvalue weighted by Crippen LogP contribution is 2.17. The molecule has 1 aromatic heterocycles. The number of carbonyl (C=O) groups excluding carboxylic acids is 1. The third-order valence-electron chi connectivity index (χ3n) is 2.86. The number of nitrogens with two attached hydrogens (primary N) is 1. The average Bonchev–Trinajstić information content (AvgIpc) is 2.38. The number of nitrogens with one attached hydrogen (secondary N) is 1. The van der Waals surface area contributed by atoms with Crippen molar-refractivity contribution >= 4 is 27.1 Å². The first-order valence-electron chi connectivity index (χ1n) is 6.11. The highest BCUT2D eigenvalue weighted by atomic mass is 32.2. The monoisotopic (exact) mass is 305 g/mol. The number of aromatic nitrogens is 1. The Kier molecular flexibility index (Phi) is 3.95. The van der Waals surface area contributed by atoms with Crippen LogP contribution in [0.3, 0.4) is 0 Å². The van der Waals surface area contributed by atoms with Crippen molar-refractivity contribution in [3.63, 3.8) is 0 Å².